The molecule has 18 heteroatoms. The number of hydrogen-bond acceptors (Lipinski definition) is 15. The largest absolute Gasteiger partial charge is 0.394 e. The molecular weight excluding hydrogens is 822 g/mol. The number of benzene rings is 4. The van der Waals surface area contributed by atoms with Gasteiger partial charge in [0.2, 0.25) is 5.91 Å². The number of ether oxygens (including phenoxy) is 3. The average Bonchev–Trinajstić information content (AvgIpc) is 3.26. The van der Waals surface area contributed by atoms with E-state index < -0.39 is 108 Å². The van der Waals surface area contributed by atoms with Crippen LogP contribution in [0.5, 0.6) is 5.75 Å². The van der Waals surface area contributed by atoms with Gasteiger partial charge < -0.3 is 64.1 Å². The first-order chi connectivity index (χ1) is 29.2. The zero-order valence-corrected chi connectivity index (χ0v) is 33.3. The number of amides is 1. The minimum atomic E-state index is -4.49. The highest BCUT2D eigenvalue weighted by Gasteiger charge is 2.51. The lowest BCUT2D eigenvalue weighted by atomic mass is 9.78. The van der Waals surface area contributed by atoms with Gasteiger partial charge in [0.15, 0.2) is 6.29 Å². The Morgan fingerprint density at radius 1 is 0.705 bits per heavy atom. The first-order valence-electron chi connectivity index (χ1n) is 19.7. The summed E-state index contributed by atoms with van der Waals surface area (Å²) in [5.74, 6) is -1.91. The number of aliphatic hydroxyl groups excluding tert-OH is 8. The Hall–Kier alpha value is -4.41. The molecule has 4 aromatic carbocycles. The molecule has 7 rings (SSSR count). The molecule has 3 aliphatic heterocycles. The van der Waals surface area contributed by atoms with Crippen molar-refractivity contribution in [3.05, 3.63) is 120 Å². The molecule has 4 aromatic rings. The quantitative estimate of drug-likeness (QED) is 0.0615. The number of anilines is 1. The molecule has 61 heavy (non-hydrogen) atoms. The molecule has 0 radical (unpaired) electrons. The van der Waals surface area contributed by atoms with Gasteiger partial charge >= 0.3 is 10.1 Å². The predicted molar refractivity (Wildman–Crippen MR) is 213 cm³/mol. The maximum Gasteiger partial charge on any atom is 0.311 e. The number of carbonyl (C=O) groups is 1. The fourth-order valence-electron chi connectivity index (χ4n) is 8.04. The molecule has 3 saturated heterocycles. The first kappa shape index (κ1) is 44.6. The molecule has 0 bridgehead atoms. The number of carbonyl (C=O) groups excluding carboxylic acids is 1. The maximum absolute atomic E-state index is 13.5. The monoisotopic (exact) mass is 869 g/mol. The Kier molecular flexibility index (Phi) is 13.8. The Bertz CT molecular complexity index is 2180. The van der Waals surface area contributed by atoms with Gasteiger partial charge in [0.1, 0.15) is 72.3 Å². The van der Waals surface area contributed by atoms with Crippen LogP contribution in [0.1, 0.15) is 36.1 Å². The normalized spacial score (nSPS) is 31.0. The van der Waals surface area contributed by atoms with E-state index in [1.165, 1.54) is 36.4 Å². The summed E-state index contributed by atoms with van der Waals surface area (Å²) >= 11 is 0. The summed E-state index contributed by atoms with van der Waals surface area (Å²) in [4.78, 5) is 15.2. The molecule has 3 aliphatic rings. The molecule has 8 N–H and O–H groups in total. The predicted octanol–water partition coefficient (Wildman–Crippen LogP) is 1.09. The van der Waals surface area contributed by atoms with Gasteiger partial charge in [0, 0.05) is 5.69 Å². The number of nitrogens with zero attached hydrogens (tertiary/aromatic N) is 1. The third kappa shape index (κ3) is 9.65. The van der Waals surface area contributed by atoms with E-state index in [9.17, 15) is 58.5 Å². The second kappa shape index (κ2) is 18.9. The van der Waals surface area contributed by atoms with Crippen molar-refractivity contribution in [2.45, 2.75) is 86.2 Å². The van der Waals surface area contributed by atoms with Crippen LogP contribution < -0.4 is 9.08 Å². The summed E-state index contributed by atoms with van der Waals surface area (Å²) in [5.41, 5.74) is 3.66. The van der Waals surface area contributed by atoms with E-state index in [1.54, 1.807) is 17.0 Å². The van der Waals surface area contributed by atoms with Crippen molar-refractivity contribution in [1.82, 2.24) is 0 Å². The number of aliphatic hydroxyl groups is 8. The smallest absolute Gasteiger partial charge is 0.311 e. The standard InChI is InChI=1S/C43H48FNO15S/c44-27-14-10-25(11-15-27)31(48)19-18-30-35(45(42(30)54)28-4-2-1-3-5-28)26-8-6-23(7-9-26)24-12-16-29(17-13-24)60-61(55,56)22-34-37(50)39(52)41(33(21-47)57-34)59-43-40(53)38(51)36(49)32(20-46)58-43/h1-17,30-41,43,46-53H,18-22H2/t30-,31?,32?,33?,34?,35?,36?,37?,38?,39?,40?,41?,43?/m1/s1. The fraction of sp³-hybridized carbons (Fsp3) is 0.419. The minimum Gasteiger partial charge on any atom is -0.394 e. The van der Waals surface area contributed by atoms with Crippen molar-refractivity contribution >= 4 is 21.7 Å². The molecule has 0 spiro atoms. The molecule has 16 nitrogen and oxygen atoms in total. The third-order valence-electron chi connectivity index (χ3n) is 11.4. The highest BCUT2D eigenvalue weighted by molar-refractivity contribution is 7.87. The number of hydrogen-bond donors (Lipinski definition) is 8. The lowest BCUT2D eigenvalue weighted by Gasteiger charge is -2.48. The van der Waals surface area contributed by atoms with Crippen molar-refractivity contribution in [3.63, 3.8) is 0 Å². The molecule has 0 aromatic heterocycles. The van der Waals surface area contributed by atoms with E-state index in [1.807, 2.05) is 54.6 Å². The Morgan fingerprint density at radius 3 is 1.93 bits per heavy atom. The molecule has 12 unspecified atom stereocenters. The van der Waals surface area contributed by atoms with E-state index in [2.05, 4.69) is 0 Å². The van der Waals surface area contributed by atoms with Gasteiger partial charge in [-0.25, -0.2) is 4.39 Å². The van der Waals surface area contributed by atoms with E-state index in [-0.39, 0.29) is 17.7 Å². The maximum atomic E-state index is 13.5. The van der Waals surface area contributed by atoms with Gasteiger partial charge in [-0.05, 0) is 71.5 Å². The highest BCUT2D eigenvalue weighted by atomic mass is 32.2. The lowest BCUT2D eigenvalue weighted by Crippen LogP contribution is -2.65. The number of para-hydroxylation sites is 1. The van der Waals surface area contributed by atoms with Crippen LogP contribution in [0.15, 0.2) is 103 Å². The zero-order valence-electron chi connectivity index (χ0n) is 32.5. The van der Waals surface area contributed by atoms with E-state index >= 15 is 0 Å². The summed E-state index contributed by atoms with van der Waals surface area (Å²) in [7, 11) is -4.49. The van der Waals surface area contributed by atoms with Gasteiger partial charge in [-0.2, -0.15) is 8.42 Å². The molecule has 0 aliphatic carbocycles. The summed E-state index contributed by atoms with van der Waals surface area (Å²) < 4.78 is 61.5. The van der Waals surface area contributed by atoms with Gasteiger partial charge in [0.05, 0.1) is 31.3 Å². The number of halogens is 1. The Labute approximate surface area is 350 Å². The molecular formula is C43H48FNO15S. The van der Waals surface area contributed by atoms with Crippen LogP contribution in [0, 0.1) is 11.7 Å². The first-order valence-corrected chi connectivity index (χ1v) is 21.3. The molecule has 1 amide bonds. The highest BCUT2D eigenvalue weighted by Crippen LogP contribution is 2.46. The van der Waals surface area contributed by atoms with Crippen LogP contribution in [0.3, 0.4) is 0 Å². The van der Waals surface area contributed by atoms with Crippen LogP contribution in [0.25, 0.3) is 11.1 Å². The lowest BCUT2D eigenvalue weighted by molar-refractivity contribution is -0.341. The van der Waals surface area contributed by atoms with Crippen molar-refractivity contribution in [2.75, 3.05) is 23.9 Å². The van der Waals surface area contributed by atoms with Crippen LogP contribution in [-0.2, 0) is 29.1 Å². The van der Waals surface area contributed by atoms with Crippen molar-refractivity contribution in [2.24, 2.45) is 5.92 Å². The SMILES string of the molecule is O=C1[C@H](CCC(O)c2ccc(F)cc2)C(c2ccc(-c3ccc(OS(=O)(=O)CC4OC(CO)C(OC5OC(CO)C(O)C(O)C5O)C(O)C4O)cc3)cc2)N1c1ccccc1. The molecule has 0 saturated carbocycles. The molecule has 3 fully saturated rings. The summed E-state index contributed by atoms with van der Waals surface area (Å²) in [6, 6.07) is 28.3. The van der Waals surface area contributed by atoms with E-state index in [4.69, 9.17) is 18.4 Å². The fourth-order valence-corrected chi connectivity index (χ4v) is 9.19. The minimum absolute atomic E-state index is 0.0640. The molecule has 3 heterocycles. The topological polar surface area (TPSA) is 253 Å². The summed E-state index contributed by atoms with van der Waals surface area (Å²) in [5, 5.41) is 82.5. The third-order valence-corrected chi connectivity index (χ3v) is 12.6. The second-order valence-corrected chi connectivity index (χ2v) is 17.0. The van der Waals surface area contributed by atoms with Crippen LogP contribution >= 0.6 is 0 Å². The van der Waals surface area contributed by atoms with Gasteiger partial charge in [0.25, 0.3) is 0 Å². The summed E-state index contributed by atoms with van der Waals surface area (Å²) in [6.07, 6.45) is -17.0. The van der Waals surface area contributed by atoms with E-state index in [0.29, 0.717) is 24.0 Å². The van der Waals surface area contributed by atoms with Crippen LogP contribution in [-0.4, -0.2) is 135 Å². The van der Waals surface area contributed by atoms with Crippen molar-refractivity contribution in [3.8, 4) is 16.9 Å². The summed E-state index contributed by atoms with van der Waals surface area (Å²) in [6.45, 7) is -1.59. The Morgan fingerprint density at radius 2 is 1.31 bits per heavy atom. The molecule has 13 atom stereocenters. The van der Waals surface area contributed by atoms with E-state index in [0.717, 1.165) is 16.8 Å². The van der Waals surface area contributed by atoms with Gasteiger partial charge in [-0.15, -0.1) is 0 Å². The zero-order chi connectivity index (χ0) is 43.6. The number of rotatable bonds is 15. The van der Waals surface area contributed by atoms with Gasteiger partial charge in [-0.1, -0.05) is 66.7 Å². The van der Waals surface area contributed by atoms with Crippen LogP contribution in [0.2, 0.25) is 0 Å². The van der Waals surface area contributed by atoms with Crippen molar-refractivity contribution in [1.29, 1.82) is 0 Å². The number of β-lactam (4-membered cyclic amide) rings is 1. The second-order valence-electron chi connectivity index (χ2n) is 15.4. The van der Waals surface area contributed by atoms with Crippen LogP contribution in [0.4, 0.5) is 10.1 Å². The van der Waals surface area contributed by atoms with Crippen molar-refractivity contribution < 1.29 is 76.8 Å². The van der Waals surface area contributed by atoms with Gasteiger partial charge in [-0.3, -0.25) is 4.79 Å². The average molecular weight is 870 g/mol. The Balaban J connectivity index is 0.983. The molecule has 328 valence electrons.